The van der Waals surface area contributed by atoms with E-state index in [-0.39, 0.29) is 29.1 Å². The summed E-state index contributed by atoms with van der Waals surface area (Å²) < 4.78 is 0. The molecule has 0 spiro atoms. The van der Waals surface area contributed by atoms with Gasteiger partial charge in [0.15, 0.2) is 11.6 Å². The SMILES string of the molecule is CN(C)c1ccc(O)c2c1CC1CC3C(N)C(O)=C(C(N)=O)C(=O)C3C(=O)C1=C2O. The van der Waals surface area contributed by atoms with Gasteiger partial charge in [-0.1, -0.05) is 0 Å². The highest BCUT2D eigenvalue weighted by Crippen LogP contribution is 2.50. The van der Waals surface area contributed by atoms with E-state index in [1.165, 1.54) is 6.07 Å². The molecule has 0 aliphatic heterocycles. The van der Waals surface area contributed by atoms with Crippen molar-refractivity contribution in [2.24, 2.45) is 29.2 Å². The fourth-order valence-electron chi connectivity index (χ4n) is 5.10. The van der Waals surface area contributed by atoms with Crippen molar-refractivity contribution < 1.29 is 29.7 Å². The zero-order valence-corrected chi connectivity index (χ0v) is 16.5. The van der Waals surface area contributed by atoms with Crippen molar-refractivity contribution in [1.82, 2.24) is 0 Å². The number of allylic oxidation sites excluding steroid dienone is 1. The van der Waals surface area contributed by atoms with E-state index in [0.29, 0.717) is 12.0 Å². The standard InChI is InChI=1S/C21H23N3O6/c1-24(2)10-3-4-11(25)13-8(10)5-7-6-9-14(18(27)12(7)17(13)26)19(28)15(21(23)30)20(29)16(9)22/h3-4,7,9,14,16,25-26,29H,5-6,22H2,1-2H3,(H2,23,30). The molecule has 0 heterocycles. The predicted octanol–water partition coefficient (Wildman–Crippen LogP) is 0.312. The highest BCUT2D eigenvalue weighted by molar-refractivity contribution is 6.28. The minimum absolute atomic E-state index is 0.0423. The lowest BCUT2D eigenvalue weighted by molar-refractivity contribution is -0.135. The van der Waals surface area contributed by atoms with Crippen molar-refractivity contribution in [3.05, 3.63) is 40.2 Å². The molecule has 1 fully saturated rings. The summed E-state index contributed by atoms with van der Waals surface area (Å²) in [5, 5.41) is 31.6. The van der Waals surface area contributed by atoms with Gasteiger partial charge in [-0.2, -0.15) is 0 Å². The summed E-state index contributed by atoms with van der Waals surface area (Å²) in [7, 11) is 3.66. The number of fused-ring (bicyclic) bond motifs is 3. The smallest absolute Gasteiger partial charge is 0.255 e. The van der Waals surface area contributed by atoms with E-state index in [1.54, 1.807) is 6.07 Å². The minimum Gasteiger partial charge on any atom is -0.510 e. The first-order valence-electron chi connectivity index (χ1n) is 9.58. The second kappa shape index (κ2) is 6.60. The van der Waals surface area contributed by atoms with Gasteiger partial charge in [-0.15, -0.1) is 0 Å². The lowest BCUT2D eigenvalue weighted by Crippen LogP contribution is -2.54. The quantitative estimate of drug-likeness (QED) is 0.341. The van der Waals surface area contributed by atoms with Crippen LogP contribution in [0, 0.1) is 17.8 Å². The van der Waals surface area contributed by atoms with Crippen molar-refractivity contribution >= 4 is 28.9 Å². The summed E-state index contributed by atoms with van der Waals surface area (Å²) in [4.78, 5) is 39.7. The molecule has 1 amide bonds. The Bertz CT molecular complexity index is 1070. The molecule has 3 aliphatic rings. The number of nitrogens with zero attached hydrogens (tertiary/aromatic N) is 1. The first kappa shape index (κ1) is 20.0. The number of phenolic OH excluding ortho intramolecular Hbond substituents is 1. The number of hydrogen-bond donors (Lipinski definition) is 5. The van der Waals surface area contributed by atoms with Crippen LogP contribution in [0.5, 0.6) is 5.75 Å². The molecule has 30 heavy (non-hydrogen) atoms. The third-order valence-corrected chi connectivity index (χ3v) is 6.44. The number of aliphatic hydroxyl groups excluding tert-OH is 2. The largest absolute Gasteiger partial charge is 0.510 e. The van der Waals surface area contributed by atoms with Gasteiger partial charge in [-0.05, 0) is 42.4 Å². The van der Waals surface area contributed by atoms with Crippen LogP contribution in [-0.4, -0.2) is 52.9 Å². The normalized spacial score (nSPS) is 28.1. The number of primary amides is 1. The Hall–Kier alpha value is -3.33. The van der Waals surface area contributed by atoms with Crippen LogP contribution in [-0.2, 0) is 20.8 Å². The van der Waals surface area contributed by atoms with Crippen molar-refractivity contribution in [2.45, 2.75) is 18.9 Å². The lowest BCUT2D eigenvalue weighted by atomic mass is 9.60. The van der Waals surface area contributed by atoms with Crippen LogP contribution in [0.25, 0.3) is 5.76 Å². The molecule has 1 aromatic rings. The Morgan fingerprint density at radius 2 is 1.80 bits per heavy atom. The van der Waals surface area contributed by atoms with Gasteiger partial charge in [-0.3, -0.25) is 14.4 Å². The topological polar surface area (TPSA) is 167 Å². The maximum Gasteiger partial charge on any atom is 0.255 e. The molecule has 4 rings (SSSR count). The molecule has 9 heteroatoms. The molecule has 0 bridgehead atoms. The molecule has 0 aromatic heterocycles. The number of anilines is 1. The van der Waals surface area contributed by atoms with Gasteiger partial charge >= 0.3 is 0 Å². The van der Waals surface area contributed by atoms with Crippen molar-refractivity contribution in [2.75, 3.05) is 19.0 Å². The predicted molar refractivity (Wildman–Crippen MR) is 108 cm³/mol. The average Bonchev–Trinajstić information content (AvgIpc) is 2.65. The molecule has 3 aliphatic carbocycles. The monoisotopic (exact) mass is 413 g/mol. The molecule has 158 valence electrons. The maximum atomic E-state index is 13.3. The number of benzene rings is 1. The Balaban J connectivity index is 1.89. The first-order chi connectivity index (χ1) is 14.1. The molecule has 1 saturated carbocycles. The van der Waals surface area contributed by atoms with Gasteiger partial charge in [0.2, 0.25) is 0 Å². The van der Waals surface area contributed by atoms with Crippen LogP contribution in [0.4, 0.5) is 5.69 Å². The fourth-order valence-corrected chi connectivity index (χ4v) is 5.10. The number of hydrogen-bond acceptors (Lipinski definition) is 8. The van der Waals surface area contributed by atoms with E-state index in [1.807, 2.05) is 19.0 Å². The van der Waals surface area contributed by atoms with Gasteiger partial charge < -0.3 is 31.7 Å². The molecule has 0 radical (unpaired) electrons. The van der Waals surface area contributed by atoms with Crippen LogP contribution in [0.3, 0.4) is 0 Å². The highest BCUT2D eigenvalue weighted by atomic mass is 16.3. The first-order valence-corrected chi connectivity index (χ1v) is 9.58. The Morgan fingerprint density at radius 3 is 2.40 bits per heavy atom. The van der Waals surface area contributed by atoms with Crippen LogP contribution in [0.1, 0.15) is 17.5 Å². The Morgan fingerprint density at radius 1 is 1.13 bits per heavy atom. The van der Waals surface area contributed by atoms with Crippen LogP contribution >= 0.6 is 0 Å². The fraction of sp³-hybridized carbons (Fsp3) is 0.381. The number of amides is 1. The molecule has 4 unspecified atom stereocenters. The number of nitrogens with two attached hydrogens (primary N) is 2. The van der Waals surface area contributed by atoms with E-state index in [2.05, 4.69) is 0 Å². The summed E-state index contributed by atoms with van der Waals surface area (Å²) in [6.07, 6.45) is 0.598. The van der Waals surface area contributed by atoms with Crippen molar-refractivity contribution in [1.29, 1.82) is 0 Å². The lowest BCUT2D eigenvalue weighted by Gasteiger charge is -2.43. The van der Waals surface area contributed by atoms with Gasteiger partial charge in [0.25, 0.3) is 5.91 Å². The summed E-state index contributed by atoms with van der Waals surface area (Å²) in [5.41, 5.74) is 12.3. The van der Waals surface area contributed by atoms with E-state index in [0.717, 1.165) is 5.69 Å². The molecular formula is C21H23N3O6. The molecular weight excluding hydrogens is 390 g/mol. The Kier molecular flexibility index (Phi) is 4.39. The number of aromatic hydroxyl groups is 1. The second-order valence-electron chi connectivity index (χ2n) is 8.27. The number of Topliss-reactive ketones (excluding diaryl/α,β-unsaturated/α-hetero) is 2. The maximum absolute atomic E-state index is 13.3. The number of rotatable bonds is 2. The van der Waals surface area contributed by atoms with E-state index in [4.69, 9.17) is 11.5 Å². The zero-order valence-electron chi connectivity index (χ0n) is 16.5. The van der Waals surface area contributed by atoms with Gasteiger partial charge in [0.1, 0.15) is 22.8 Å². The summed E-state index contributed by atoms with van der Waals surface area (Å²) >= 11 is 0. The number of carbonyl (C=O) groups is 3. The number of aliphatic hydroxyl groups is 2. The van der Waals surface area contributed by atoms with E-state index >= 15 is 0 Å². The van der Waals surface area contributed by atoms with Crippen LogP contribution in [0.2, 0.25) is 0 Å². The van der Waals surface area contributed by atoms with E-state index < -0.39 is 52.6 Å². The number of phenols is 1. The molecule has 9 nitrogen and oxygen atoms in total. The van der Waals surface area contributed by atoms with Gasteiger partial charge in [0.05, 0.1) is 17.5 Å². The highest BCUT2D eigenvalue weighted by Gasteiger charge is 2.54. The third-order valence-electron chi connectivity index (χ3n) is 6.44. The van der Waals surface area contributed by atoms with Crippen LogP contribution in [0.15, 0.2) is 29.0 Å². The summed E-state index contributed by atoms with van der Waals surface area (Å²) in [6.45, 7) is 0. The Labute approximate surface area is 172 Å². The zero-order chi connectivity index (χ0) is 22.1. The average molecular weight is 413 g/mol. The van der Waals surface area contributed by atoms with Crippen molar-refractivity contribution in [3.63, 3.8) is 0 Å². The molecule has 0 saturated heterocycles. The minimum atomic E-state index is -1.31. The van der Waals surface area contributed by atoms with Gasteiger partial charge in [0, 0.05) is 25.4 Å². The van der Waals surface area contributed by atoms with Gasteiger partial charge in [-0.25, -0.2) is 0 Å². The van der Waals surface area contributed by atoms with Crippen LogP contribution < -0.4 is 16.4 Å². The summed E-state index contributed by atoms with van der Waals surface area (Å²) in [5.74, 6) is -6.31. The second-order valence-corrected chi connectivity index (χ2v) is 8.27. The number of ketones is 2. The summed E-state index contributed by atoms with van der Waals surface area (Å²) in [6, 6.07) is 2.07. The molecule has 7 N–H and O–H groups in total. The molecule has 1 aromatic carbocycles. The van der Waals surface area contributed by atoms with Crippen molar-refractivity contribution in [3.8, 4) is 5.75 Å². The van der Waals surface area contributed by atoms with E-state index in [9.17, 15) is 29.7 Å². The third kappa shape index (κ3) is 2.55. The molecule has 4 atom stereocenters. The number of carbonyl (C=O) groups excluding carboxylic acids is 3.